The van der Waals surface area contributed by atoms with Gasteiger partial charge in [0.2, 0.25) is 22.9 Å². The van der Waals surface area contributed by atoms with Crippen LogP contribution in [0.4, 0.5) is 28.4 Å². The fraction of sp³-hybridized carbons (Fsp3) is 0.0909. The second kappa shape index (κ2) is 13.2. The molecule has 5 N–H and O–H groups in total. The molecule has 0 heterocycles. The van der Waals surface area contributed by atoms with Gasteiger partial charge in [-0.2, -0.15) is 4.58 Å². The molecule has 5 aromatic rings. The van der Waals surface area contributed by atoms with Crippen LogP contribution < -0.4 is 9.48 Å². The van der Waals surface area contributed by atoms with Crippen LogP contribution in [-0.2, 0) is 4.79 Å². The molecule has 2 aliphatic carbocycles. The SMILES string of the molecule is Cc1ccc(N(c2ccc(C)cc2)c2cc(O)c(C3=C(O)C(=C4C(O)=CC(=[N+](c5ccc(C)cc5)c5ccc(C)cc5)C=C4O)C3=O)c(O)c2)cc1. The molecule has 2 aliphatic rings. The van der Waals surface area contributed by atoms with Gasteiger partial charge < -0.3 is 30.4 Å². The van der Waals surface area contributed by atoms with Gasteiger partial charge >= 0.3 is 0 Å². The van der Waals surface area contributed by atoms with Crippen LogP contribution in [0.25, 0.3) is 5.57 Å². The first-order valence-corrected chi connectivity index (χ1v) is 16.8. The number of nitrogens with zero attached hydrogens (tertiary/aromatic N) is 2. The lowest BCUT2D eigenvalue weighted by atomic mass is 9.78. The van der Waals surface area contributed by atoms with Crippen LogP contribution in [0.5, 0.6) is 11.5 Å². The highest BCUT2D eigenvalue weighted by molar-refractivity contribution is 6.40. The first-order chi connectivity index (χ1) is 24.9. The number of carbonyl (C=O) groups is 1. The monoisotopic (exact) mass is 689 g/mol. The van der Waals surface area contributed by atoms with Crippen molar-refractivity contribution < 1.29 is 30.3 Å². The Hall–Kier alpha value is -6.80. The summed E-state index contributed by atoms with van der Waals surface area (Å²) in [6, 6.07) is 33.9. The third-order valence-corrected chi connectivity index (χ3v) is 9.28. The van der Waals surface area contributed by atoms with E-state index in [0.29, 0.717) is 11.4 Å². The molecule has 0 saturated carbocycles. The third kappa shape index (κ3) is 6.00. The van der Waals surface area contributed by atoms with Crippen LogP contribution in [0.2, 0.25) is 0 Å². The van der Waals surface area contributed by atoms with Crippen molar-refractivity contribution in [3.8, 4) is 11.5 Å². The number of ketones is 1. The predicted molar refractivity (Wildman–Crippen MR) is 206 cm³/mol. The molecular weight excluding hydrogens is 652 g/mol. The average Bonchev–Trinajstić information content (AvgIpc) is 3.11. The molecule has 0 spiro atoms. The molecule has 7 rings (SSSR count). The second-order valence-corrected chi connectivity index (χ2v) is 13.2. The summed E-state index contributed by atoms with van der Waals surface area (Å²) in [7, 11) is 0. The summed E-state index contributed by atoms with van der Waals surface area (Å²) in [6.45, 7) is 7.92. The largest absolute Gasteiger partial charge is 0.507 e. The summed E-state index contributed by atoms with van der Waals surface area (Å²) in [5.74, 6) is -3.11. The minimum atomic E-state index is -0.767. The zero-order chi connectivity index (χ0) is 36.8. The number of aliphatic hydroxyl groups is 3. The van der Waals surface area contributed by atoms with Crippen LogP contribution in [0.1, 0.15) is 27.8 Å². The summed E-state index contributed by atoms with van der Waals surface area (Å²) in [4.78, 5) is 15.6. The van der Waals surface area contributed by atoms with E-state index in [1.165, 1.54) is 24.3 Å². The average molecular weight is 690 g/mol. The zero-order valence-corrected chi connectivity index (χ0v) is 29.1. The van der Waals surface area contributed by atoms with E-state index in [0.717, 1.165) is 45.0 Å². The number of carbonyl (C=O) groups excluding carboxylic acids is 1. The number of allylic oxidation sites excluding steroid dienone is 4. The molecule has 0 radical (unpaired) electrons. The van der Waals surface area contributed by atoms with E-state index >= 15 is 0 Å². The molecule has 8 nitrogen and oxygen atoms in total. The number of aliphatic hydroxyl groups excluding tert-OH is 3. The van der Waals surface area contributed by atoms with Gasteiger partial charge in [-0.25, -0.2) is 0 Å². The molecule has 258 valence electrons. The highest BCUT2D eigenvalue weighted by Gasteiger charge is 2.43. The summed E-state index contributed by atoms with van der Waals surface area (Å²) in [6.07, 6.45) is 2.82. The Labute approximate surface area is 301 Å². The van der Waals surface area contributed by atoms with E-state index in [2.05, 4.69) is 0 Å². The maximum atomic E-state index is 13.7. The Kier molecular flexibility index (Phi) is 8.52. The van der Waals surface area contributed by atoms with E-state index in [4.69, 9.17) is 0 Å². The van der Waals surface area contributed by atoms with Gasteiger partial charge in [0.1, 0.15) is 28.8 Å². The van der Waals surface area contributed by atoms with Gasteiger partial charge in [-0.15, -0.1) is 0 Å². The molecule has 0 aliphatic heterocycles. The van der Waals surface area contributed by atoms with E-state index in [-0.39, 0.29) is 22.3 Å². The van der Waals surface area contributed by atoms with Crippen LogP contribution in [0, 0.1) is 27.7 Å². The zero-order valence-electron chi connectivity index (χ0n) is 29.1. The Balaban J connectivity index is 1.30. The number of hydrogen-bond donors (Lipinski definition) is 5. The van der Waals surface area contributed by atoms with Crippen molar-refractivity contribution in [3.63, 3.8) is 0 Å². The number of anilines is 3. The summed E-state index contributed by atoms with van der Waals surface area (Å²) < 4.78 is 1.85. The number of aryl methyl sites for hydroxylation is 4. The van der Waals surface area contributed by atoms with Crippen LogP contribution in [0.3, 0.4) is 0 Å². The van der Waals surface area contributed by atoms with Gasteiger partial charge in [0.15, 0.2) is 0 Å². The van der Waals surface area contributed by atoms with Crippen molar-refractivity contribution in [2.75, 3.05) is 4.90 Å². The molecular formula is C44H37N2O6+. The molecule has 0 fully saturated rings. The minimum absolute atomic E-state index is 0.261. The number of phenolic OH excluding ortho intramolecular Hbond substituents is 2. The molecule has 0 atom stereocenters. The van der Waals surface area contributed by atoms with Crippen molar-refractivity contribution in [1.29, 1.82) is 0 Å². The topological polar surface area (TPSA) is 124 Å². The van der Waals surface area contributed by atoms with E-state index < -0.39 is 34.6 Å². The maximum absolute atomic E-state index is 13.7. The number of Topliss-reactive ketones (excluding diaryl/α,β-unsaturated/α-hetero) is 1. The number of phenols is 2. The van der Waals surface area contributed by atoms with Crippen molar-refractivity contribution >= 4 is 45.5 Å². The molecule has 0 saturated heterocycles. The standard InChI is InChI=1S/C44H36N2O6/c1-25-5-13-29(14-6-25)45(30-15-7-26(2)8-16-30)33-21-35(47)39(36(48)22-33)41-43(51)42(44(41)52)40-37(49)23-34(24-38(40)50)46(31-17-9-27(3)10-18-31)32-19-11-28(4)12-20-32/h5-24H,1-4H3,(H4,47,48,49,50,51,52)/p+1. The van der Waals surface area contributed by atoms with Gasteiger partial charge in [-0.05, 0) is 52.0 Å². The van der Waals surface area contributed by atoms with Gasteiger partial charge in [0, 0.05) is 47.8 Å². The van der Waals surface area contributed by atoms with E-state index in [9.17, 15) is 30.3 Å². The predicted octanol–water partition coefficient (Wildman–Crippen LogP) is 9.82. The highest BCUT2D eigenvalue weighted by Crippen LogP contribution is 2.49. The van der Waals surface area contributed by atoms with Gasteiger partial charge in [0.05, 0.1) is 40.1 Å². The van der Waals surface area contributed by atoms with Crippen LogP contribution >= 0.6 is 0 Å². The van der Waals surface area contributed by atoms with E-state index in [1.807, 2.05) is 134 Å². The molecule has 0 unspecified atom stereocenters. The highest BCUT2D eigenvalue weighted by atomic mass is 16.3. The van der Waals surface area contributed by atoms with Crippen molar-refractivity contribution in [2.24, 2.45) is 0 Å². The van der Waals surface area contributed by atoms with Crippen molar-refractivity contribution in [2.45, 2.75) is 27.7 Å². The van der Waals surface area contributed by atoms with Crippen LogP contribution in [-0.4, -0.2) is 37.0 Å². The molecule has 0 bridgehead atoms. The summed E-state index contributed by atoms with van der Waals surface area (Å²) in [5, 5.41) is 56.4. The quantitative estimate of drug-likeness (QED) is 0.0888. The molecule has 0 amide bonds. The fourth-order valence-electron chi connectivity index (χ4n) is 6.50. The number of rotatable bonds is 6. The van der Waals surface area contributed by atoms with E-state index in [1.54, 1.807) is 0 Å². The number of hydrogen-bond acceptors (Lipinski definition) is 7. The fourth-order valence-corrected chi connectivity index (χ4v) is 6.50. The minimum Gasteiger partial charge on any atom is -0.507 e. The summed E-state index contributed by atoms with van der Waals surface area (Å²) in [5.41, 5.74) is 6.99. The Morgan fingerprint density at radius 2 is 0.865 bits per heavy atom. The van der Waals surface area contributed by atoms with Gasteiger partial charge in [0.25, 0.3) is 0 Å². The second-order valence-electron chi connectivity index (χ2n) is 13.2. The lowest BCUT2D eigenvalue weighted by molar-refractivity contribution is -0.111. The Morgan fingerprint density at radius 1 is 0.481 bits per heavy atom. The van der Waals surface area contributed by atoms with Gasteiger partial charge in [-0.1, -0.05) is 70.8 Å². The third-order valence-electron chi connectivity index (χ3n) is 9.28. The van der Waals surface area contributed by atoms with Crippen molar-refractivity contribution in [3.05, 3.63) is 178 Å². The summed E-state index contributed by atoms with van der Waals surface area (Å²) >= 11 is 0. The smallest absolute Gasteiger partial charge is 0.219 e. The lowest BCUT2D eigenvalue weighted by Crippen LogP contribution is -2.26. The molecule has 52 heavy (non-hydrogen) atoms. The Morgan fingerprint density at radius 3 is 1.25 bits per heavy atom. The van der Waals surface area contributed by atoms with Crippen LogP contribution in [0.15, 0.2) is 150 Å². The maximum Gasteiger partial charge on any atom is 0.219 e. The molecule has 0 aromatic heterocycles. The first-order valence-electron chi connectivity index (χ1n) is 16.8. The van der Waals surface area contributed by atoms with Gasteiger partial charge in [-0.3, -0.25) is 4.79 Å². The molecule has 8 heteroatoms. The Bertz CT molecular complexity index is 2270. The number of benzene rings is 5. The normalized spacial score (nSPS) is 14.2. The number of aromatic hydroxyl groups is 2. The first kappa shape index (κ1) is 33.7. The molecule has 5 aromatic carbocycles. The van der Waals surface area contributed by atoms with Crippen molar-refractivity contribution in [1.82, 2.24) is 4.58 Å². The lowest BCUT2D eigenvalue weighted by Gasteiger charge is -2.28.